The van der Waals surface area contributed by atoms with Crippen LogP contribution >= 0.6 is 23.2 Å². The van der Waals surface area contributed by atoms with E-state index < -0.39 is 17.5 Å². The normalized spacial score (nSPS) is 19.8. The van der Waals surface area contributed by atoms with E-state index in [1.54, 1.807) is 24.3 Å². The first-order chi connectivity index (χ1) is 11.1. The molecule has 1 aromatic rings. The van der Waals surface area contributed by atoms with E-state index in [9.17, 15) is 9.59 Å². The minimum Gasteiger partial charge on any atom is -0.450 e. The number of hydrogen-bond acceptors (Lipinski definition) is 4. The summed E-state index contributed by atoms with van der Waals surface area (Å²) in [6.07, 6.45) is 4.13. The zero-order valence-corrected chi connectivity index (χ0v) is 14.0. The molecule has 1 heterocycles. The van der Waals surface area contributed by atoms with E-state index in [1.165, 1.54) is 0 Å². The van der Waals surface area contributed by atoms with Crippen LogP contribution in [0.4, 0.5) is 0 Å². The smallest absolute Gasteiger partial charge is 0.344 e. The van der Waals surface area contributed by atoms with E-state index in [1.807, 2.05) is 0 Å². The Labute approximate surface area is 144 Å². The Balaban J connectivity index is 1.92. The molecular formula is C17H16Cl2O4. The first kappa shape index (κ1) is 16.3. The maximum absolute atomic E-state index is 12.7. The quantitative estimate of drug-likeness (QED) is 0.467. The number of esters is 2. The number of alkyl halides is 1. The largest absolute Gasteiger partial charge is 0.450 e. The molecule has 4 nitrogen and oxygen atoms in total. The third kappa shape index (κ3) is 3.10. The van der Waals surface area contributed by atoms with Crippen molar-refractivity contribution in [2.24, 2.45) is 0 Å². The minimum atomic E-state index is -0.872. The zero-order chi connectivity index (χ0) is 16.4. The van der Waals surface area contributed by atoms with Crippen LogP contribution in [0.1, 0.15) is 32.1 Å². The predicted octanol–water partition coefficient (Wildman–Crippen LogP) is 4.04. The molecule has 2 aliphatic rings. The molecule has 1 aliphatic heterocycles. The molecule has 3 rings (SSSR count). The lowest BCUT2D eigenvalue weighted by molar-refractivity contribution is -0.150. The van der Waals surface area contributed by atoms with Crippen LogP contribution in [0.3, 0.4) is 0 Å². The van der Waals surface area contributed by atoms with Crippen molar-refractivity contribution in [2.75, 3.05) is 5.88 Å². The second kappa shape index (κ2) is 6.54. The molecule has 0 atom stereocenters. The Morgan fingerprint density at radius 2 is 1.83 bits per heavy atom. The summed E-state index contributed by atoms with van der Waals surface area (Å²) in [7, 11) is 0. The van der Waals surface area contributed by atoms with Crippen LogP contribution < -0.4 is 4.74 Å². The van der Waals surface area contributed by atoms with Gasteiger partial charge in [0.25, 0.3) is 0 Å². The van der Waals surface area contributed by atoms with Crippen LogP contribution in [0.5, 0.6) is 5.75 Å². The van der Waals surface area contributed by atoms with Gasteiger partial charge < -0.3 is 9.47 Å². The van der Waals surface area contributed by atoms with Crippen molar-refractivity contribution in [3.8, 4) is 5.75 Å². The molecule has 0 N–H and O–H groups in total. The SMILES string of the molecule is O=C1OC2(CCCCC2)C(C(=O)Oc2ccc(Cl)cc2)=C1CCl. The Kier molecular flexibility index (Phi) is 4.64. The van der Waals surface area contributed by atoms with Crippen LogP contribution in [0.2, 0.25) is 5.02 Å². The van der Waals surface area contributed by atoms with Gasteiger partial charge >= 0.3 is 11.9 Å². The molecule has 0 radical (unpaired) electrons. The summed E-state index contributed by atoms with van der Waals surface area (Å²) in [4.78, 5) is 24.8. The third-order valence-electron chi connectivity index (χ3n) is 4.32. The van der Waals surface area contributed by atoms with Gasteiger partial charge in [0.15, 0.2) is 0 Å². The van der Waals surface area contributed by atoms with Gasteiger partial charge in [0.05, 0.1) is 17.0 Å². The lowest BCUT2D eigenvalue weighted by Crippen LogP contribution is -2.38. The maximum Gasteiger partial charge on any atom is 0.344 e. The summed E-state index contributed by atoms with van der Waals surface area (Å²) in [5, 5.41) is 0.550. The molecule has 1 spiro atoms. The molecule has 1 aliphatic carbocycles. The second-order valence-corrected chi connectivity index (χ2v) is 6.48. The average Bonchev–Trinajstić information content (AvgIpc) is 2.81. The lowest BCUT2D eigenvalue weighted by Gasteiger charge is -2.33. The van der Waals surface area contributed by atoms with Gasteiger partial charge in [0.2, 0.25) is 0 Å². The van der Waals surface area contributed by atoms with Crippen LogP contribution in [0.15, 0.2) is 35.4 Å². The summed E-state index contributed by atoms with van der Waals surface area (Å²) in [6, 6.07) is 6.47. The molecule has 0 bridgehead atoms. The molecule has 23 heavy (non-hydrogen) atoms. The van der Waals surface area contributed by atoms with E-state index in [-0.39, 0.29) is 17.0 Å². The number of rotatable bonds is 3. The molecule has 0 unspecified atom stereocenters. The molecule has 0 aromatic heterocycles. The molecular weight excluding hydrogens is 339 g/mol. The van der Waals surface area contributed by atoms with E-state index in [0.29, 0.717) is 23.6 Å². The maximum atomic E-state index is 12.7. The van der Waals surface area contributed by atoms with E-state index in [2.05, 4.69) is 0 Å². The van der Waals surface area contributed by atoms with Crippen LogP contribution in [-0.4, -0.2) is 23.4 Å². The Morgan fingerprint density at radius 3 is 2.43 bits per heavy atom. The second-order valence-electron chi connectivity index (χ2n) is 5.78. The highest BCUT2D eigenvalue weighted by Gasteiger charge is 2.51. The van der Waals surface area contributed by atoms with Crippen molar-refractivity contribution in [3.63, 3.8) is 0 Å². The summed E-state index contributed by atoms with van der Waals surface area (Å²) in [5.41, 5.74) is -0.372. The highest BCUT2D eigenvalue weighted by atomic mass is 35.5. The van der Waals surface area contributed by atoms with Crippen molar-refractivity contribution < 1.29 is 19.1 Å². The molecule has 1 saturated carbocycles. The van der Waals surface area contributed by atoms with E-state index in [0.717, 1.165) is 19.3 Å². The average molecular weight is 355 g/mol. The van der Waals surface area contributed by atoms with E-state index >= 15 is 0 Å². The fourth-order valence-electron chi connectivity index (χ4n) is 3.23. The Morgan fingerprint density at radius 1 is 1.17 bits per heavy atom. The van der Waals surface area contributed by atoms with Crippen LogP contribution in [-0.2, 0) is 14.3 Å². The molecule has 1 fully saturated rings. The Bertz CT molecular complexity index is 658. The monoisotopic (exact) mass is 354 g/mol. The molecule has 0 saturated heterocycles. The number of ether oxygens (including phenoxy) is 2. The molecule has 1 aromatic carbocycles. The van der Waals surface area contributed by atoms with Gasteiger partial charge in [-0.15, -0.1) is 11.6 Å². The summed E-state index contributed by atoms with van der Waals surface area (Å²) >= 11 is 11.7. The first-order valence-electron chi connectivity index (χ1n) is 7.56. The zero-order valence-electron chi connectivity index (χ0n) is 12.4. The first-order valence-corrected chi connectivity index (χ1v) is 8.48. The van der Waals surface area contributed by atoms with Gasteiger partial charge in [-0.1, -0.05) is 18.0 Å². The predicted molar refractivity (Wildman–Crippen MR) is 86.7 cm³/mol. The lowest BCUT2D eigenvalue weighted by atomic mass is 9.79. The molecule has 122 valence electrons. The van der Waals surface area contributed by atoms with Gasteiger partial charge in [0, 0.05) is 5.02 Å². The van der Waals surface area contributed by atoms with Crippen molar-refractivity contribution in [1.29, 1.82) is 0 Å². The minimum absolute atomic E-state index is 0.0639. The summed E-state index contributed by atoms with van der Waals surface area (Å²) < 4.78 is 11.0. The van der Waals surface area contributed by atoms with Gasteiger partial charge in [-0.05, 0) is 49.9 Å². The number of carbonyl (C=O) groups is 2. The van der Waals surface area contributed by atoms with Crippen molar-refractivity contribution >= 4 is 35.1 Å². The highest BCUT2D eigenvalue weighted by molar-refractivity contribution is 6.30. The summed E-state index contributed by atoms with van der Waals surface area (Å²) in [5.74, 6) is -0.780. The number of halogens is 2. The molecule has 0 amide bonds. The Hall–Kier alpha value is -1.52. The van der Waals surface area contributed by atoms with Gasteiger partial charge in [-0.3, -0.25) is 0 Å². The van der Waals surface area contributed by atoms with Crippen molar-refractivity contribution in [2.45, 2.75) is 37.7 Å². The van der Waals surface area contributed by atoms with Gasteiger partial charge in [0.1, 0.15) is 11.4 Å². The number of benzene rings is 1. The fourth-order valence-corrected chi connectivity index (χ4v) is 3.60. The van der Waals surface area contributed by atoms with Crippen molar-refractivity contribution in [3.05, 3.63) is 40.4 Å². The van der Waals surface area contributed by atoms with Crippen LogP contribution in [0, 0.1) is 0 Å². The van der Waals surface area contributed by atoms with Crippen LogP contribution in [0.25, 0.3) is 0 Å². The fraction of sp³-hybridized carbons (Fsp3) is 0.412. The number of hydrogen-bond donors (Lipinski definition) is 0. The highest BCUT2D eigenvalue weighted by Crippen LogP contribution is 2.44. The summed E-state index contributed by atoms with van der Waals surface area (Å²) in [6.45, 7) is 0. The van der Waals surface area contributed by atoms with E-state index in [4.69, 9.17) is 32.7 Å². The molecule has 6 heteroatoms. The van der Waals surface area contributed by atoms with Gasteiger partial charge in [-0.25, -0.2) is 9.59 Å². The number of carbonyl (C=O) groups excluding carboxylic acids is 2. The third-order valence-corrected chi connectivity index (χ3v) is 4.83. The standard InChI is InChI=1S/C17H16Cl2O4/c18-10-13-14(16(21)22-12-6-4-11(19)5-7-12)17(23-15(13)20)8-2-1-3-9-17/h4-7H,1-3,8-10H2. The van der Waals surface area contributed by atoms with Gasteiger partial charge in [-0.2, -0.15) is 0 Å². The van der Waals surface area contributed by atoms with Crippen molar-refractivity contribution in [1.82, 2.24) is 0 Å². The topological polar surface area (TPSA) is 52.6 Å².